The van der Waals surface area contributed by atoms with Crippen molar-refractivity contribution in [3.8, 4) is 34.4 Å². The summed E-state index contributed by atoms with van der Waals surface area (Å²) in [6, 6.07) is 18.7. The van der Waals surface area contributed by atoms with Crippen LogP contribution in [0.3, 0.4) is 0 Å². The standard InChI is InChI=1S/C27H26N6O/c1-30(2)25-16-31(17-26(25)34)22-7-8-23-21(11-22)15-32-14-20(19-5-3-18(13-28)4-6-19)12-24(32)27-29-9-10-33(23)27/h3-12,14,25-26,34H,15-17H2,1-2H3/t25-,26+/m1/s1. The lowest BCUT2D eigenvalue weighted by atomic mass is 10.1. The van der Waals surface area contributed by atoms with Crippen molar-refractivity contribution in [2.45, 2.75) is 18.7 Å². The van der Waals surface area contributed by atoms with Gasteiger partial charge in [0.2, 0.25) is 0 Å². The van der Waals surface area contributed by atoms with Gasteiger partial charge >= 0.3 is 0 Å². The van der Waals surface area contributed by atoms with E-state index in [1.54, 1.807) is 0 Å². The molecule has 0 radical (unpaired) electrons. The minimum atomic E-state index is -0.361. The van der Waals surface area contributed by atoms with E-state index >= 15 is 0 Å². The third kappa shape index (κ3) is 3.31. The minimum Gasteiger partial charge on any atom is -0.390 e. The molecular formula is C27H26N6O. The Morgan fingerprint density at radius 1 is 1.06 bits per heavy atom. The zero-order chi connectivity index (χ0) is 23.4. The van der Waals surface area contributed by atoms with Crippen LogP contribution in [0.1, 0.15) is 11.1 Å². The number of β-amino-alcohol motifs (C(OH)–C–C–N with tert-alkyl or cyclic N) is 1. The van der Waals surface area contributed by atoms with Gasteiger partial charge in [-0.25, -0.2) is 4.98 Å². The Labute approximate surface area is 198 Å². The van der Waals surface area contributed by atoms with E-state index in [0.717, 1.165) is 47.1 Å². The monoisotopic (exact) mass is 450 g/mol. The molecule has 0 saturated carbocycles. The fourth-order valence-corrected chi connectivity index (χ4v) is 5.21. The normalized spacial score (nSPS) is 18.9. The van der Waals surface area contributed by atoms with Crippen LogP contribution in [0.15, 0.2) is 67.1 Å². The van der Waals surface area contributed by atoms with E-state index in [1.165, 1.54) is 5.56 Å². The topological polar surface area (TPSA) is 73.2 Å². The zero-order valence-corrected chi connectivity index (χ0v) is 19.3. The third-order valence-electron chi connectivity index (χ3n) is 7.06. The lowest BCUT2D eigenvalue weighted by molar-refractivity contribution is 0.114. The molecular weight excluding hydrogens is 424 g/mol. The van der Waals surface area contributed by atoms with Crippen LogP contribution < -0.4 is 4.90 Å². The van der Waals surface area contributed by atoms with Gasteiger partial charge in [0.05, 0.1) is 35.2 Å². The van der Waals surface area contributed by atoms with Gasteiger partial charge in [-0.3, -0.25) is 4.57 Å². The summed E-state index contributed by atoms with van der Waals surface area (Å²) in [6.07, 6.45) is 5.66. The first-order valence-corrected chi connectivity index (χ1v) is 11.5. The highest BCUT2D eigenvalue weighted by Gasteiger charge is 2.33. The number of rotatable bonds is 3. The molecule has 2 atom stereocenters. The lowest BCUT2D eigenvalue weighted by Crippen LogP contribution is -2.38. The zero-order valence-electron chi connectivity index (χ0n) is 19.3. The highest BCUT2D eigenvalue weighted by Crippen LogP contribution is 2.36. The van der Waals surface area contributed by atoms with Crippen LogP contribution in [-0.4, -0.2) is 63.5 Å². The molecule has 34 heavy (non-hydrogen) atoms. The van der Waals surface area contributed by atoms with Crippen LogP contribution in [0.25, 0.3) is 28.3 Å². The predicted molar refractivity (Wildman–Crippen MR) is 132 cm³/mol. The van der Waals surface area contributed by atoms with E-state index < -0.39 is 0 Å². The maximum Gasteiger partial charge on any atom is 0.161 e. The number of aromatic nitrogens is 3. The van der Waals surface area contributed by atoms with Gasteiger partial charge in [0.1, 0.15) is 0 Å². The Morgan fingerprint density at radius 2 is 1.88 bits per heavy atom. The number of anilines is 1. The molecule has 1 fully saturated rings. The van der Waals surface area contributed by atoms with Crippen LogP contribution >= 0.6 is 0 Å². The molecule has 170 valence electrons. The SMILES string of the molecule is CN(C)[C@@H]1CN(c2ccc3c(c2)Cn2cc(-c4ccc(C#N)cc4)cc2-c2nccn2-3)C[C@@H]1O. The van der Waals surface area contributed by atoms with Gasteiger partial charge in [-0.05, 0) is 61.6 Å². The number of aliphatic hydroxyl groups excluding tert-OH is 1. The molecule has 0 spiro atoms. The van der Waals surface area contributed by atoms with Crippen molar-refractivity contribution in [1.82, 2.24) is 19.0 Å². The fourth-order valence-electron chi connectivity index (χ4n) is 5.21. The van der Waals surface area contributed by atoms with Crippen LogP contribution in [0.2, 0.25) is 0 Å². The summed E-state index contributed by atoms with van der Waals surface area (Å²) in [7, 11) is 4.04. The Kier molecular flexibility index (Phi) is 4.80. The second-order valence-corrected chi connectivity index (χ2v) is 9.37. The molecule has 2 aromatic carbocycles. The first-order chi connectivity index (χ1) is 16.5. The van der Waals surface area contributed by atoms with Crippen LogP contribution in [0.5, 0.6) is 0 Å². The average Bonchev–Trinajstić information content (AvgIpc) is 3.56. The van der Waals surface area contributed by atoms with Gasteiger partial charge in [-0.1, -0.05) is 12.1 Å². The smallest absolute Gasteiger partial charge is 0.161 e. The minimum absolute atomic E-state index is 0.130. The van der Waals surface area contributed by atoms with Crippen LogP contribution in [0, 0.1) is 11.3 Å². The fraction of sp³-hybridized carbons (Fsp3) is 0.259. The summed E-state index contributed by atoms with van der Waals surface area (Å²) < 4.78 is 4.41. The summed E-state index contributed by atoms with van der Waals surface area (Å²) in [5.41, 5.74) is 7.37. The Balaban J connectivity index is 1.40. The highest BCUT2D eigenvalue weighted by atomic mass is 16.3. The first-order valence-electron chi connectivity index (χ1n) is 11.5. The van der Waals surface area contributed by atoms with E-state index in [0.29, 0.717) is 12.1 Å². The molecule has 4 aromatic rings. The molecule has 4 heterocycles. The van der Waals surface area contributed by atoms with Gasteiger partial charge in [0.25, 0.3) is 0 Å². The molecule has 0 aliphatic carbocycles. The third-order valence-corrected chi connectivity index (χ3v) is 7.06. The summed E-state index contributed by atoms with van der Waals surface area (Å²) in [5.74, 6) is 0.913. The maximum absolute atomic E-state index is 10.5. The number of nitriles is 1. The summed E-state index contributed by atoms with van der Waals surface area (Å²) in [4.78, 5) is 9.05. The number of hydrogen-bond acceptors (Lipinski definition) is 5. The number of aliphatic hydroxyl groups is 1. The summed E-state index contributed by atoms with van der Waals surface area (Å²) in [5, 5.41) is 19.6. The van der Waals surface area contributed by atoms with Crippen LogP contribution in [0.4, 0.5) is 5.69 Å². The summed E-state index contributed by atoms with van der Waals surface area (Å²) >= 11 is 0. The molecule has 1 saturated heterocycles. The van der Waals surface area contributed by atoms with Gasteiger partial charge in [0.15, 0.2) is 5.82 Å². The summed E-state index contributed by atoms with van der Waals surface area (Å²) in [6.45, 7) is 2.17. The Bertz CT molecular complexity index is 1410. The first kappa shape index (κ1) is 20.7. The molecule has 0 amide bonds. The van der Waals surface area contributed by atoms with E-state index in [1.807, 2.05) is 50.8 Å². The number of fused-ring (bicyclic) bond motifs is 5. The molecule has 2 aliphatic rings. The molecule has 6 rings (SSSR count). The molecule has 1 N–H and O–H groups in total. The number of nitrogens with zero attached hydrogens (tertiary/aromatic N) is 6. The van der Waals surface area contributed by atoms with Crippen molar-refractivity contribution in [1.29, 1.82) is 5.26 Å². The Hall–Kier alpha value is -3.86. The van der Waals surface area contributed by atoms with Gasteiger partial charge in [-0.15, -0.1) is 0 Å². The quantitative estimate of drug-likeness (QED) is 0.456. The lowest BCUT2D eigenvalue weighted by Gasteiger charge is -2.23. The number of likely N-dealkylation sites (N-methyl/N-ethyl adjacent to an activating group) is 1. The second-order valence-electron chi connectivity index (χ2n) is 9.37. The molecule has 0 bridgehead atoms. The van der Waals surface area contributed by atoms with Crippen LogP contribution in [-0.2, 0) is 6.54 Å². The second kappa shape index (κ2) is 7.87. The van der Waals surface area contributed by atoms with Gasteiger partial charge in [0, 0.05) is 49.5 Å². The van der Waals surface area contributed by atoms with E-state index in [2.05, 4.69) is 60.4 Å². The maximum atomic E-state index is 10.5. The van der Waals surface area contributed by atoms with E-state index in [-0.39, 0.29) is 12.1 Å². The van der Waals surface area contributed by atoms with E-state index in [4.69, 9.17) is 5.26 Å². The number of benzene rings is 2. The van der Waals surface area contributed by atoms with E-state index in [9.17, 15) is 5.11 Å². The molecule has 0 unspecified atom stereocenters. The molecule has 7 heteroatoms. The van der Waals surface area contributed by atoms with Crippen molar-refractivity contribution in [3.05, 3.63) is 78.2 Å². The molecule has 7 nitrogen and oxygen atoms in total. The van der Waals surface area contributed by atoms with Gasteiger partial charge < -0.3 is 19.5 Å². The number of imidazole rings is 1. The van der Waals surface area contributed by atoms with Crippen molar-refractivity contribution in [2.24, 2.45) is 0 Å². The largest absolute Gasteiger partial charge is 0.390 e. The molecule has 2 aliphatic heterocycles. The number of hydrogen-bond donors (Lipinski definition) is 1. The van der Waals surface area contributed by atoms with Crippen molar-refractivity contribution < 1.29 is 5.11 Å². The van der Waals surface area contributed by atoms with Crippen molar-refractivity contribution >= 4 is 5.69 Å². The van der Waals surface area contributed by atoms with Crippen molar-refractivity contribution in [3.63, 3.8) is 0 Å². The van der Waals surface area contributed by atoms with Gasteiger partial charge in [-0.2, -0.15) is 5.26 Å². The highest BCUT2D eigenvalue weighted by molar-refractivity contribution is 5.72. The Morgan fingerprint density at radius 3 is 2.62 bits per heavy atom. The average molecular weight is 451 g/mol. The molecule has 2 aromatic heterocycles. The van der Waals surface area contributed by atoms with Crippen molar-refractivity contribution in [2.75, 3.05) is 32.1 Å². The predicted octanol–water partition coefficient (Wildman–Crippen LogP) is 3.35.